The number of hydrogen-bond acceptors (Lipinski definition) is 2. The maximum Gasteiger partial charge on any atom is 0.319 e. The zero-order valence-electron chi connectivity index (χ0n) is 12.8. The molecule has 1 aliphatic rings. The van der Waals surface area contributed by atoms with E-state index < -0.39 is 6.04 Å². The lowest BCUT2D eigenvalue weighted by atomic mass is 9.94. The predicted octanol–water partition coefficient (Wildman–Crippen LogP) is 2.20. The van der Waals surface area contributed by atoms with Gasteiger partial charge in [0.05, 0.1) is 0 Å². The summed E-state index contributed by atoms with van der Waals surface area (Å²) in [6.07, 6.45) is 1.80. The Labute approximate surface area is 125 Å². The Morgan fingerprint density at radius 3 is 2.86 bits per heavy atom. The van der Waals surface area contributed by atoms with E-state index in [0.29, 0.717) is 6.54 Å². The highest BCUT2D eigenvalue weighted by Crippen LogP contribution is 2.16. The fourth-order valence-electron chi connectivity index (χ4n) is 2.60. The third-order valence-corrected chi connectivity index (χ3v) is 4.02. The normalized spacial score (nSPS) is 21.6. The van der Waals surface area contributed by atoms with Gasteiger partial charge in [-0.1, -0.05) is 19.9 Å². The summed E-state index contributed by atoms with van der Waals surface area (Å²) in [6.45, 7) is 6.79. The Bertz CT molecular complexity index is 542. The quantitative estimate of drug-likeness (QED) is 0.798. The number of carbonyl (C=O) groups is 2. The zero-order valence-corrected chi connectivity index (χ0v) is 12.8. The average molecular weight is 289 g/mol. The van der Waals surface area contributed by atoms with E-state index in [2.05, 4.69) is 29.8 Å². The van der Waals surface area contributed by atoms with E-state index in [4.69, 9.17) is 0 Å². The SMILES string of the molecule is CCc1cc(NC(=O)NC2C(=O)NCCC2C)ccc1C. The number of carbonyl (C=O) groups excluding carboxylic acids is 2. The molecular formula is C16H23N3O2. The Morgan fingerprint density at radius 1 is 1.43 bits per heavy atom. The molecule has 2 atom stereocenters. The van der Waals surface area contributed by atoms with Crippen LogP contribution in [0.2, 0.25) is 0 Å². The maximum absolute atomic E-state index is 12.1. The molecular weight excluding hydrogens is 266 g/mol. The first-order valence-corrected chi connectivity index (χ1v) is 7.46. The molecule has 3 amide bonds. The number of aryl methyl sites for hydroxylation is 2. The van der Waals surface area contributed by atoms with Crippen molar-refractivity contribution in [1.82, 2.24) is 10.6 Å². The molecule has 5 heteroatoms. The van der Waals surface area contributed by atoms with Crippen LogP contribution in [0.4, 0.5) is 10.5 Å². The topological polar surface area (TPSA) is 70.2 Å². The van der Waals surface area contributed by atoms with Crippen LogP contribution in [0.3, 0.4) is 0 Å². The van der Waals surface area contributed by atoms with Gasteiger partial charge in [0.15, 0.2) is 0 Å². The summed E-state index contributed by atoms with van der Waals surface area (Å²) in [6, 6.07) is 5.03. The Kier molecular flexibility index (Phi) is 4.83. The molecule has 2 rings (SSSR count). The van der Waals surface area contributed by atoms with Crippen molar-refractivity contribution in [2.45, 2.75) is 39.7 Å². The summed E-state index contributed by atoms with van der Waals surface area (Å²) >= 11 is 0. The van der Waals surface area contributed by atoms with E-state index >= 15 is 0 Å². The largest absolute Gasteiger partial charge is 0.354 e. The molecule has 1 aliphatic heterocycles. The number of amides is 3. The lowest BCUT2D eigenvalue weighted by Gasteiger charge is -2.29. The molecule has 3 N–H and O–H groups in total. The van der Waals surface area contributed by atoms with Gasteiger partial charge in [-0.15, -0.1) is 0 Å². The third-order valence-electron chi connectivity index (χ3n) is 4.02. The summed E-state index contributed by atoms with van der Waals surface area (Å²) < 4.78 is 0. The van der Waals surface area contributed by atoms with Gasteiger partial charge in [-0.2, -0.15) is 0 Å². The van der Waals surface area contributed by atoms with Crippen LogP contribution in [0.15, 0.2) is 18.2 Å². The predicted molar refractivity (Wildman–Crippen MR) is 83.3 cm³/mol. The molecule has 0 spiro atoms. The van der Waals surface area contributed by atoms with Gasteiger partial charge in [-0.3, -0.25) is 4.79 Å². The van der Waals surface area contributed by atoms with E-state index in [1.807, 2.05) is 25.1 Å². The van der Waals surface area contributed by atoms with Gasteiger partial charge in [0, 0.05) is 12.2 Å². The van der Waals surface area contributed by atoms with Crippen molar-refractivity contribution < 1.29 is 9.59 Å². The van der Waals surface area contributed by atoms with Gasteiger partial charge < -0.3 is 16.0 Å². The van der Waals surface area contributed by atoms with Gasteiger partial charge in [0.2, 0.25) is 5.91 Å². The summed E-state index contributed by atoms with van der Waals surface area (Å²) in [5.41, 5.74) is 3.17. The molecule has 1 heterocycles. The fraction of sp³-hybridized carbons (Fsp3) is 0.500. The first kappa shape index (κ1) is 15.4. The van der Waals surface area contributed by atoms with Gasteiger partial charge in [0.1, 0.15) is 6.04 Å². The van der Waals surface area contributed by atoms with Crippen molar-refractivity contribution in [3.63, 3.8) is 0 Å². The number of nitrogens with one attached hydrogen (secondary N) is 3. The van der Waals surface area contributed by atoms with Crippen molar-refractivity contribution in [2.24, 2.45) is 5.92 Å². The maximum atomic E-state index is 12.1. The second kappa shape index (κ2) is 6.61. The van der Waals surface area contributed by atoms with Gasteiger partial charge in [-0.05, 0) is 48.9 Å². The second-order valence-electron chi connectivity index (χ2n) is 5.63. The lowest BCUT2D eigenvalue weighted by Crippen LogP contribution is -2.55. The molecule has 0 bridgehead atoms. The minimum Gasteiger partial charge on any atom is -0.354 e. The van der Waals surface area contributed by atoms with Gasteiger partial charge >= 0.3 is 6.03 Å². The first-order chi connectivity index (χ1) is 10.0. The molecule has 21 heavy (non-hydrogen) atoms. The molecule has 114 valence electrons. The summed E-state index contributed by atoms with van der Waals surface area (Å²) in [5.74, 6) is 0.0378. The number of urea groups is 1. The molecule has 1 aromatic carbocycles. The summed E-state index contributed by atoms with van der Waals surface area (Å²) in [7, 11) is 0. The Morgan fingerprint density at radius 2 is 2.19 bits per heavy atom. The van der Waals surface area contributed by atoms with Crippen LogP contribution in [0, 0.1) is 12.8 Å². The number of rotatable bonds is 3. The number of anilines is 1. The molecule has 1 fully saturated rings. The molecule has 0 aliphatic carbocycles. The zero-order chi connectivity index (χ0) is 15.4. The smallest absolute Gasteiger partial charge is 0.319 e. The molecule has 0 radical (unpaired) electrons. The highest BCUT2D eigenvalue weighted by molar-refractivity contribution is 5.94. The molecule has 1 aromatic rings. The van der Waals surface area contributed by atoms with Gasteiger partial charge in [-0.25, -0.2) is 4.79 Å². The standard InChI is InChI=1S/C16H23N3O2/c1-4-12-9-13(6-5-10(12)2)18-16(21)19-14-11(3)7-8-17-15(14)20/h5-6,9,11,14H,4,7-8H2,1-3H3,(H,17,20)(H2,18,19,21). The van der Waals surface area contributed by atoms with Gasteiger partial charge in [0.25, 0.3) is 0 Å². The van der Waals surface area contributed by atoms with Crippen molar-refractivity contribution in [3.8, 4) is 0 Å². The van der Waals surface area contributed by atoms with Crippen LogP contribution in [-0.4, -0.2) is 24.5 Å². The van der Waals surface area contributed by atoms with Crippen LogP contribution in [0.1, 0.15) is 31.4 Å². The number of benzene rings is 1. The molecule has 5 nitrogen and oxygen atoms in total. The highest BCUT2D eigenvalue weighted by atomic mass is 16.2. The summed E-state index contributed by atoms with van der Waals surface area (Å²) in [4.78, 5) is 23.8. The highest BCUT2D eigenvalue weighted by Gasteiger charge is 2.30. The van der Waals surface area contributed by atoms with Crippen LogP contribution in [0.25, 0.3) is 0 Å². The molecule has 2 unspecified atom stereocenters. The van der Waals surface area contributed by atoms with Crippen LogP contribution >= 0.6 is 0 Å². The molecule has 1 saturated heterocycles. The minimum absolute atomic E-state index is 0.109. The molecule has 0 aromatic heterocycles. The van der Waals surface area contributed by atoms with E-state index in [0.717, 1.165) is 18.5 Å². The summed E-state index contributed by atoms with van der Waals surface area (Å²) in [5, 5.41) is 8.34. The first-order valence-electron chi connectivity index (χ1n) is 7.46. The van der Waals surface area contributed by atoms with Crippen LogP contribution < -0.4 is 16.0 Å². The average Bonchev–Trinajstić information content (AvgIpc) is 2.45. The van der Waals surface area contributed by atoms with Crippen LogP contribution in [-0.2, 0) is 11.2 Å². The Hall–Kier alpha value is -2.04. The third kappa shape index (κ3) is 3.74. The van der Waals surface area contributed by atoms with Crippen molar-refractivity contribution in [3.05, 3.63) is 29.3 Å². The monoisotopic (exact) mass is 289 g/mol. The van der Waals surface area contributed by atoms with E-state index in [1.165, 1.54) is 11.1 Å². The lowest BCUT2D eigenvalue weighted by molar-refractivity contribution is -0.125. The van der Waals surface area contributed by atoms with Crippen molar-refractivity contribution >= 4 is 17.6 Å². The van der Waals surface area contributed by atoms with Crippen LogP contribution in [0.5, 0.6) is 0 Å². The Balaban J connectivity index is 1.99. The van der Waals surface area contributed by atoms with E-state index in [-0.39, 0.29) is 17.9 Å². The van der Waals surface area contributed by atoms with E-state index in [9.17, 15) is 9.59 Å². The van der Waals surface area contributed by atoms with Crippen molar-refractivity contribution in [1.29, 1.82) is 0 Å². The second-order valence-corrected chi connectivity index (χ2v) is 5.63. The van der Waals surface area contributed by atoms with E-state index in [1.54, 1.807) is 0 Å². The van der Waals surface area contributed by atoms with Crippen molar-refractivity contribution in [2.75, 3.05) is 11.9 Å². The number of piperidine rings is 1. The minimum atomic E-state index is -0.463. The number of hydrogen-bond donors (Lipinski definition) is 3. The fourth-order valence-corrected chi connectivity index (χ4v) is 2.60. The molecule has 0 saturated carbocycles.